The van der Waals surface area contributed by atoms with Gasteiger partial charge in [0.25, 0.3) is 0 Å². The van der Waals surface area contributed by atoms with Crippen molar-refractivity contribution in [1.82, 2.24) is 0 Å². The van der Waals surface area contributed by atoms with Crippen molar-refractivity contribution in [3.63, 3.8) is 0 Å². The van der Waals surface area contributed by atoms with Crippen LogP contribution in [0.5, 0.6) is 17.2 Å². The first-order valence-corrected chi connectivity index (χ1v) is 10.2. The fourth-order valence-electron chi connectivity index (χ4n) is 4.70. The molecule has 2 aliphatic rings. The first-order chi connectivity index (χ1) is 14.7. The number of ether oxygens (including phenoxy) is 3. The van der Waals surface area contributed by atoms with Crippen molar-refractivity contribution in [3.05, 3.63) is 82.9 Å². The van der Waals surface area contributed by atoms with Crippen LogP contribution in [0.4, 0.5) is 5.69 Å². The van der Waals surface area contributed by atoms with Crippen molar-refractivity contribution in [2.75, 3.05) is 25.1 Å². The molecule has 0 N–H and O–H groups in total. The van der Waals surface area contributed by atoms with E-state index in [1.807, 2.05) is 60.7 Å². The summed E-state index contributed by atoms with van der Waals surface area (Å²) in [6.45, 7) is 5.75. The lowest BCUT2D eigenvalue weighted by molar-refractivity contribution is 0.0225. The summed E-state index contributed by atoms with van der Waals surface area (Å²) < 4.78 is 18.4. The molecule has 0 saturated carbocycles. The van der Waals surface area contributed by atoms with Gasteiger partial charge in [-0.1, -0.05) is 36.4 Å². The first kappa shape index (κ1) is 18.6. The van der Waals surface area contributed by atoms with E-state index in [1.54, 1.807) is 7.11 Å². The molecular formula is C25H23NO4. The van der Waals surface area contributed by atoms with Crippen LogP contribution in [-0.2, 0) is 10.3 Å². The standard InChI is InChI=1S/C25H23NO4/c1-4-26(5-2)23-21(28-3)15-14-20-22(23)25(18-12-8-9-13-19(18)29-20)17-11-7-6-10-16(17)24(27)30-25/h6-15H,4-5H2,1-3H3. The number of methoxy groups -OCH3 is 1. The molecule has 3 aromatic carbocycles. The molecule has 152 valence electrons. The number of carbonyl (C=O) groups excluding carboxylic acids is 1. The Hall–Kier alpha value is -3.47. The Labute approximate surface area is 175 Å². The number of hydrogen-bond acceptors (Lipinski definition) is 5. The second-order valence-electron chi connectivity index (χ2n) is 7.38. The molecule has 1 unspecified atom stereocenters. The van der Waals surface area contributed by atoms with Gasteiger partial charge in [-0.15, -0.1) is 0 Å². The fraction of sp³-hybridized carbons (Fsp3) is 0.240. The van der Waals surface area contributed by atoms with Gasteiger partial charge in [-0.25, -0.2) is 4.79 Å². The molecule has 0 aliphatic carbocycles. The van der Waals surface area contributed by atoms with Crippen LogP contribution in [0, 0.1) is 0 Å². The maximum Gasteiger partial charge on any atom is 0.340 e. The Morgan fingerprint density at radius 2 is 1.60 bits per heavy atom. The molecule has 0 amide bonds. The zero-order valence-corrected chi connectivity index (χ0v) is 17.3. The predicted molar refractivity (Wildman–Crippen MR) is 115 cm³/mol. The van der Waals surface area contributed by atoms with Crippen LogP contribution in [0.3, 0.4) is 0 Å². The number of hydrogen-bond donors (Lipinski definition) is 0. The summed E-state index contributed by atoms with van der Waals surface area (Å²) in [4.78, 5) is 15.2. The third-order valence-electron chi connectivity index (χ3n) is 6.01. The average Bonchev–Trinajstić information content (AvgIpc) is 3.08. The molecular weight excluding hydrogens is 378 g/mol. The Balaban J connectivity index is 1.94. The molecule has 0 bridgehead atoms. The number of benzene rings is 3. The zero-order valence-electron chi connectivity index (χ0n) is 17.3. The molecule has 2 heterocycles. The van der Waals surface area contributed by atoms with Gasteiger partial charge in [0.2, 0.25) is 0 Å². The number of para-hydroxylation sites is 1. The van der Waals surface area contributed by atoms with Gasteiger partial charge in [-0.2, -0.15) is 0 Å². The summed E-state index contributed by atoms with van der Waals surface area (Å²) in [5.41, 5.74) is 2.82. The van der Waals surface area contributed by atoms with Crippen molar-refractivity contribution in [2.45, 2.75) is 19.4 Å². The largest absolute Gasteiger partial charge is 0.495 e. The van der Waals surface area contributed by atoms with Crippen molar-refractivity contribution >= 4 is 11.7 Å². The van der Waals surface area contributed by atoms with Crippen molar-refractivity contribution in [3.8, 4) is 17.2 Å². The predicted octanol–water partition coefficient (Wildman–Crippen LogP) is 5.11. The molecule has 5 heteroatoms. The molecule has 1 spiro atoms. The minimum Gasteiger partial charge on any atom is -0.495 e. The summed E-state index contributed by atoms with van der Waals surface area (Å²) in [6.07, 6.45) is 0. The Morgan fingerprint density at radius 1 is 0.900 bits per heavy atom. The molecule has 0 radical (unpaired) electrons. The summed E-state index contributed by atoms with van der Waals surface area (Å²) in [5, 5.41) is 0. The third-order valence-corrected chi connectivity index (χ3v) is 6.01. The smallest absolute Gasteiger partial charge is 0.340 e. The molecule has 0 aromatic heterocycles. The van der Waals surface area contributed by atoms with Crippen molar-refractivity contribution in [2.24, 2.45) is 0 Å². The van der Waals surface area contributed by atoms with E-state index < -0.39 is 5.60 Å². The topological polar surface area (TPSA) is 48.0 Å². The second kappa shape index (κ2) is 6.80. The monoisotopic (exact) mass is 401 g/mol. The highest BCUT2D eigenvalue weighted by Crippen LogP contribution is 2.59. The molecule has 3 aromatic rings. The van der Waals surface area contributed by atoms with Crippen LogP contribution in [-0.4, -0.2) is 26.2 Å². The van der Waals surface area contributed by atoms with Crippen LogP contribution < -0.4 is 14.4 Å². The SMILES string of the molecule is CCN(CC)c1c(OC)ccc2c1C1(OC(=O)c3ccccc31)c1ccccc1O2. The number of rotatable bonds is 4. The highest BCUT2D eigenvalue weighted by Gasteiger charge is 2.55. The minimum absolute atomic E-state index is 0.332. The van der Waals surface area contributed by atoms with E-state index in [-0.39, 0.29) is 5.97 Å². The van der Waals surface area contributed by atoms with E-state index in [4.69, 9.17) is 14.2 Å². The average molecular weight is 401 g/mol. The quantitative estimate of drug-likeness (QED) is 0.569. The number of fused-ring (bicyclic) bond motifs is 6. The lowest BCUT2D eigenvalue weighted by Crippen LogP contribution is -2.36. The zero-order chi connectivity index (χ0) is 20.9. The molecule has 5 rings (SSSR count). The third kappa shape index (κ3) is 2.32. The van der Waals surface area contributed by atoms with Crippen LogP contribution >= 0.6 is 0 Å². The van der Waals surface area contributed by atoms with E-state index >= 15 is 0 Å². The van der Waals surface area contributed by atoms with Crippen LogP contribution in [0.2, 0.25) is 0 Å². The van der Waals surface area contributed by atoms with Crippen molar-refractivity contribution in [1.29, 1.82) is 0 Å². The van der Waals surface area contributed by atoms with Gasteiger partial charge >= 0.3 is 5.97 Å². The van der Waals surface area contributed by atoms with E-state index in [9.17, 15) is 4.79 Å². The molecule has 1 atom stereocenters. The molecule has 5 nitrogen and oxygen atoms in total. The van der Waals surface area contributed by atoms with Crippen LogP contribution in [0.25, 0.3) is 0 Å². The van der Waals surface area contributed by atoms with E-state index in [0.29, 0.717) is 17.1 Å². The number of nitrogens with zero attached hydrogens (tertiary/aromatic N) is 1. The maximum absolute atomic E-state index is 13.0. The van der Waals surface area contributed by atoms with Gasteiger partial charge in [-0.05, 0) is 38.1 Å². The molecule has 30 heavy (non-hydrogen) atoms. The highest BCUT2D eigenvalue weighted by atomic mass is 16.6. The molecule has 0 saturated heterocycles. The van der Waals surface area contributed by atoms with Gasteiger partial charge in [-0.3, -0.25) is 0 Å². The Kier molecular flexibility index (Phi) is 4.21. The van der Waals surface area contributed by atoms with E-state index in [0.717, 1.165) is 41.2 Å². The van der Waals surface area contributed by atoms with E-state index in [1.165, 1.54) is 0 Å². The van der Waals surface area contributed by atoms with Gasteiger partial charge in [0.1, 0.15) is 17.2 Å². The lowest BCUT2D eigenvalue weighted by atomic mass is 9.76. The van der Waals surface area contributed by atoms with Gasteiger partial charge < -0.3 is 19.1 Å². The molecule has 0 fully saturated rings. The van der Waals surface area contributed by atoms with E-state index in [2.05, 4.69) is 18.7 Å². The number of esters is 1. The Morgan fingerprint density at radius 3 is 2.33 bits per heavy atom. The van der Waals surface area contributed by atoms with Gasteiger partial charge in [0.05, 0.1) is 23.9 Å². The minimum atomic E-state index is -1.09. The second-order valence-corrected chi connectivity index (χ2v) is 7.38. The fourth-order valence-corrected chi connectivity index (χ4v) is 4.70. The van der Waals surface area contributed by atoms with Gasteiger partial charge in [0.15, 0.2) is 5.60 Å². The first-order valence-electron chi connectivity index (χ1n) is 10.2. The number of carbonyl (C=O) groups is 1. The van der Waals surface area contributed by atoms with Crippen LogP contribution in [0.1, 0.15) is 40.9 Å². The summed E-state index contributed by atoms with van der Waals surface area (Å²) in [5.74, 6) is 1.74. The summed E-state index contributed by atoms with van der Waals surface area (Å²) >= 11 is 0. The number of anilines is 1. The maximum atomic E-state index is 13.0. The van der Waals surface area contributed by atoms with Crippen LogP contribution in [0.15, 0.2) is 60.7 Å². The van der Waals surface area contributed by atoms with Gasteiger partial charge in [0, 0.05) is 24.2 Å². The highest BCUT2D eigenvalue weighted by molar-refractivity contribution is 5.98. The summed E-state index contributed by atoms with van der Waals surface area (Å²) in [6, 6.07) is 19.2. The Bertz CT molecular complexity index is 1150. The normalized spacial score (nSPS) is 18.2. The molecule has 2 aliphatic heterocycles. The lowest BCUT2D eigenvalue weighted by Gasteiger charge is -2.40. The summed E-state index contributed by atoms with van der Waals surface area (Å²) in [7, 11) is 1.66. The van der Waals surface area contributed by atoms with Crippen molar-refractivity contribution < 1.29 is 19.0 Å².